The number of hydrogen-bond donors (Lipinski definition) is 1. The van der Waals surface area contributed by atoms with Crippen molar-refractivity contribution in [3.8, 4) is 0 Å². The molecule has 1 heterocycles. The van der Waals surface area contributed by atoms with Crippen molar-refractivity contribution in [2.24, 2.45) is 11.8 Å². The Kier molecular flexibility index (Phi) is 4.62. The Labute approximate surface area is 123 Å². The number of hydrogen-bond acceptors (Lipinski definition) is 2. The van der Waals surface area contributed by atoms with Crippen molar-refractivity contribution in [2.45, 2.75) is 45.1 Å². The molecule has 0 radical (unpaired) electrons. The van der Waals surface area contributed by atoms with Crippen molar-refractivity contribution in [1.82, 2.24) is 5.32 Å². The van der Waals surface area contributed by atoms with Gasteiger partial charge in [0.15, 0.2) is 0 Å². The fourth-order valence-electron chi connectivity index (χ4n) is 3.82. The molecule has 1 saturated carbocycles. The smallest absolute Gasteiger partial charge is 0.0366 e. The lowest BCUT2D eigenvalue weighted by Gasteiger charge is -2.34. The maximum absolute atomic E-state index is 3.83. The van der Waals surface area contributed by atoms with E-state index in [1.54, 1.807) is 0 Å². The van der Waals surface area contributed by atoms with E-state index in [0.717, 1.165) is 17.9 Å². The number of anilines is 1. The van der Waals surface area contributed by atoms with Gasteiger partial charge < -0.3 is 10.2 Å². The molecule has 110 valence electrons. The highest BCUT2D eigenvalue weighted by molar-refractivity contribution is 5.46. The molecule has 2 heteroatoms. The third-order valence-corrected chi connectivity index (χ3v) is 5.11. The lowest BCUT2D eigenvalue weighted by atomic mass is 10.0. The van der Waals surface area contributed by atoms with Crippen LogP contribution in [0.5, 0.6) is 0 Å². The van der Waals surface area contributed by atoms with E-state index in [1.807, 2.05) is 0 Å². The summed E-state index contributed by atoms with van der Waals surface area (Å²) in [5.41, 5.74) is 1.38. The molecule has 1 saturated heterocycles. The summed E-state index contributed by atoms with van der Waals surface area (Å²) in [6, 6.07) is 11.6. The first-order valence-corrected chi connectivity index (χ1v) is 8.34. The van der Waals surface area contributed by atoms with Crippen LogP contribution in [-0.2, 0) is 0 Å². The predicted octanol–water partition coefficient (Wildman–Crippen LogP) is 3.68. The minimum atomic E-state index is 0.742. The van der Waals surface area contributed by atoms with Crippen molar-refractivity contribution in [1.29, 1.82) is 0 Å². The summed E-state index contributed by atoms with van der Waals surface area (Å²) in [6.07, 6.45) is 6.90. The van der Waals surface area contributed by atoms with Gasteiger partial charge in [-0.25, -0.2) is 0 Å². The molecule has 0 aromatic heterocycles. The Hall–Kier alpha value is -1.02. The Morgan fingerprint density at radius 2 is 1.80 bits per heavy atom. The van der Waals surface area contributed by atoms with E-state index in [0.29, 0.717) is 0 Å². The molecule has 20 heavy (non-hydrogen) atoms. The highest BCUT2D eigenvalue weighted by Gasteiger charge is 2.23. The van der Waals surface area contributed by atoms with Crippen molar-refractivity contribution in [3.63, 3.8) is 0 Å². The molecule has 2 unspecified atom stereocenters. The third kappa shape index (κ3) is 3.54. The average Bonchev–Trinajstić information content (AvgIpc) is 2.92. The maximum Gasteiger partial charge on any atom is 0.0366 e. The fraction of sp³-hybridized carbons (Fsp3) is 0.667. The Balaban J connectivity index is 1.40. The van der Waals surface area contributed by atoms with E-state index in [4.69, 9.17) is 0 Å². The van der Waals surface area contributed by atoms with Gasteiger partial charge in [0, 0.05) is 24.8 Å². The minimum absolute atomic E-state index is 0.742. The number of rotatable bonds is 4. The monoisotopic (exact) mass is 272 g/mol. The van der Waals surface area contributed by atoms with Crippen LogP contribution in [-0.4, -0.2) is 25.7 Å². The van der Waals surface area contributed by atoms with Crippen LogP contribution in [0.1, 0.15) is 39.0 Å². The summed E-state index contributed by atoms with van der Waals surface area (Å²) in [6.45, 7) is 6.05. The average molecular weight is 272 g/mol. The van der Waals surface area contributed by atoms with Crippen molar-refractivity contribution in [3.05, 3.63) is 30.3 Å². The van der Waals surface area contributed by atoms with Gasteiger partial charge in [-0.3, -0.25) is 0 Å². The lowest BCUT2D eigenvalue weighted by Crippen LogP contribution is -2.43. The van der Waals surface area contributed by atoms with Crippen molar-refractivity contribution in [2.75, 3.05) is 24.5 Å². The number of benzene rings is 1. The predicted molar refractivity (Wildman–Crippen MR) is 86.2 cm³/mol. The van der Waals surface area contributed by atoms with Gasteiger partial charge in [0.1, 0.15) is 0 Å². The fourth-order valence-corrected chi connectivity index (χ4v) is 3.82. The first-order valence-electron chi connectivity index (χ1n) is 8.34. The molecule has 1 N–H and O–H groups in total. The van der Waals surface area contributed by atoms with Gasteiger partial charge >= 0.3 is 0 Å². The normalized spacial score (nSPS) is 27.9. The van der Waals surface area contributed by atoms with Gasteiger partial charge in [0.25, 0.3) is 0 Å². The number of piperidine rings is 1. The van der Waals surface area contributed by atoms with Crippen LogP contribution >= 0.6 is 0 Å². The van der Waals surface area contributed by atoms with E-state index in [1.165, 1.54) is 57.4 Å². The van der Waals surface area contributed by atoms with Crippen LogP contribution in [0.25, 0.3) is 0 Å². The summed E-state index contributed by atoms with van der Waals surface area (Å²) in [4.78, 5) is 2.52. The van der Waals surface area contributed by atoms with Crippen LogP contribution in [0.4, 0.5) is 5.69 Å². The van der Waals surface area contributed by atoms with Gasteiger partial charge in [-0.2, -0.15) is 0 Å². The Morgan fingerprint density at radius 3 is 2.45 bits per heavy atom. The molecule has 1 aromatic rings. The topological polar surface area (TPSA) is 15.3 Å². The van der Waals surface area contributed by atoms with Crippen molar-refractivity contribution < 1.29 is 0 Å². The van der Waals surface area contributed by atoms with Gasteiger partial charge in [-0.05, 0) is 56.2 Å². The molecule has 1 aliphatic carbocycles. The Bertz CT molecular complexity index is 395. The molecule has 0 spiro atoms. The first-order chi connectivity index (χ1) is 9.81. The molecule has 2 aliphatic rings. The van der Waals surface area contributed by atoms with Gasteiger partial charge in [-0.15, -0.1) is 0 Å². The molecule has 3 rings (SSSR count). The largest absolute Gasteiger partial charge is 0.371 e. The first kappa shape index (κ1) is 13.9. The van der Waals surface area contributed by atoms with Crippen LogP contribution < -0.4 is 10.2 Å². The maximum atomic E-state index is 3.83. The zero-order valence-electron chi connectivity index (χ0n) is 12.7. The van der Waals surface area contributed by atoms with Crippen molar-refractivity contribution >= 4 is 5.69 Å². The molecule has 0 bridgehead atoms. The molecule has 0 amide bonds. The Morgan fingerprint density at radius 1 is 1.05 bits per heavy atom. The zero-order chi connectivity index (χ0) is 13.8. The summed E-state index contributed by atoms with van der Waals surface area (Å²) in [5.74, 6) is 1.90. The summed E-state index contributed by atoms with van der Waals surface area (Å²) >= 11 is 0. The highest BCUT2D eigenvalue weighted by Crippen LogP contribution is 2.30. The van der Waals surface area contributed by atoms with E-state index >= 15 is 0 Å². The summed E-state index contributed by atoms with van der Waals surface area (Å²) in [5, 5.41) is 3.83. The van der Waals surface area contributed by atoms with Crippen LogP contribution in [0.15, 0.2) is 30.3 Å². The summed E-state index contributed by atoms with van der Waals surface area (Å²) < 4.78 is 0. The molecule has 1 aliphatic heterocycles. The SMILES string of the molecule is CC1CCC(CNC2CCN(c3ccccc3)CC2)C1. The quantitative estimate of drug-likeness (QED) is 0.899. The van der Waals surface area contributed by atoms with E-state index in [-0.39, 0.29) is 0 Å². The van der Waals surface area contributed by atoms with Crippen LogP contribution in [0.2, 0.25) is 0 Å². The second kappa shape index (κ2) is 6.62. The van der Waals surface area contributed by atoms with Crippen LogP contribution in [0, 0.1) is 11.8 Å². The molecular weight excluding hydrogens is 244 g/mol. The number of nitrogens with zero attached hydrogens (tertiary/aromatic N) is 1. The molecule has 2 fully saturated rings. The molecular formula is C18H28N2. The second-order valence-corrected chi connectivity index (χ2v) is 6.79. The van der Waals surface area contributed by atoms with Gasteiger partial charge in [0.05, 0.1) is 0 Å². The third-order valence-electron chi connectivity index (χ3n) is 5.11. The standard InChI is InChI=1S/C18H28N2/c1-15-7-8-16(13-15)14-19-17-9-11-20(12-10-17)18-5-3-2-4-6-18/h2-6,15-17,19H,7-14H2,1H3. The number of nitrogens with one attached hydrogen (secondary N) is 1. The van der Waals surface area contributed by atoms with Crippen LogP contribution in [0.3, 0.4) is 0 Å². The highest BCUT2D eigenvalue weighted by atomic mass is 15.1. The molecule has 2 nitrogen and oxygen atoms in total. The van der Waals surface area contributed by atoms with E-state index < -0.39 is 0 Å². The zero-order valence-corrected chi connectivity index (χ0v) is 12.7. The van der Waals surface area contributed by atoms with Gasteiger partial charge in [-0.1, -0.05) is 31.5 Å². The molecule has 2 atom stereocenters. The minimum Gasteiger partial charge on any atom is -0.371 e. The number of para-hydroxylation sites is 1. The lowest BCUT2D eigenvalue weighted by molar-refractivity contribution is 0.373. The second-order valence-electron chi connectivity index (χ2n) is 6.79. The summed E-state index contributed by atoms with van der Waals surface area (Å²) in [7, 11) is 0. The van der Waals surface area contributed by atoms with E-state index in [9.17, 15) is 0 Å². The molecule has 1 aromatic carbocycles. The van der Waals surface area contributed by atoms with E-state index in [2.05, 4.69) is 47.5 Å². The van der Waals surface area contributed by atoms with Gasteiger partial charge in [0.2, 0.25) is 0 Å².